The highest BCUT2D eigenvalue weighted by Gasteiger charge is 2.26. The van der Waals surface area contributed by atoms with Gasteiger partial charge < -0.3 is 10.1 Å². The van der Waals surface area contributed by atoms with Crippen molar-refractivity contribution in [2.45, 2.75) is 71.4 Å². The van der Waals surface area contributed by atoms with Crippen molar-refractivity contribution in [3.8, 4) is 5.75 Å². The van der Waals surface area contributed by atoms with Gasteiger partial charge in [0.2, 0.25) is 0 Å². The zero-order chi connectivity index (χ0) is 15.1. The maximum absolute atomic E-state index is 6.05. The molecule has 1 aromatic carbocycles. The van der Waals surface area contributed by atoms with Gasteiger partial charge in [0, 0.05) is 11.6 Å². The van der Waals surface area contributed by atoms with Crippen LogP contribution in [0.2, 0.25) is 0 Å². The molecule has 2 heteroatoms. The van der Waals surface area contributed by atoms with Gasteiger partial charge in [-0.1, -0.05) is 50.8 Å². The highest BCUT2D eigenvalue weighted by atomic mass is 16.5. The molecule has 21 heavy (non-hydrogen) atoms. The van der Waals surface area contributed by atoms with Gasteiger partial charge in [-0.3, -0.25) is 0 Å². The molecule has 2 rings (SSSR count). The molecule has 2 nitrogen and oxygen atoms in total. The molecule has 0 heterocycles. The minimum Gasteiger partial charge on any atom is -0.491 e. The lowest BCUT2D eigenvalue weighted by atomic mass is 9.86. The van der Waals surface area contributed by atoms with Crippen LogP contribution in [0.4, 0.5) is 0 Å². The Labute approximate surface area is 130 Å². The Balaban J connectivity index is 2.24. The highest BCUT2D eigenvalue weighted by Crippen LogP contribution is 2.37. The summed E-state index contributed by atoms with van der Waals surface area (Å²) in [5, 5.41) is 3.73. The second-order valence-electron chi connectivity index (χ2n) is 6.49. The van der Waals surface area contributed by atoms with E-state index < -0.39 is 0 Å². The molecule has 118 valence electrons. The summed E-state index contributed by atoms with van der Waals surface area (Å²) in [6.45, 7) is 7.42. The van der Waals surface area contributed by atoms with Gasteiger partial charge in [-0.05, 0) is 45.2 Å². The van der Waals surface area contributed by atoms with Crippen molar-refractivity contribution in [3.05, 3.63) is 29.8 Å². The summed E-state index contributed by atoms with van der Waals surface area (Å²) in [6, 6.07) is 9.02. The molecule has 0 aromatic heterocycles. The lowest BCUT2D eigenvalue weighted by Crippen LogP contribution is -2.29. The number of hydrogen-bond donors (Lipinski definition) is 1. The first-order chi connectivity index (χ1) is 10.2. The van der Waals surface area contributed by atoms with E-state index in [1.165, 1.54) is 44.1 Å². The van der Waals surface area contributed by atoms with E-state index in [0.717, 1.165) is 18.2 Å². The van der Waals surface area contributed by atoms with Crippen molar-refractivity contribution in [3.63, 3.8) is 0 Å². The Kier molecular flexibility index (Phi) is 6.56. The Hall–Kier alpha value is -1.02. The van der Waals surface area contributed by atoms with E-state index in [2.05, 4.69) is 50.4 Å². The fourth-order valence-corrected chi connectivity index (χ4v) is 3.49. The van der Waals surface area contributed by atoms with Crippen molar-refractivity contribution in [1.29, 1.82) is 0 Å². The Morgan fingerprint density at radius 1 is 1.10 bits per heavy atom. The quantitative estimate of drug-likeness (QED) is 0.736. The lowest BCUT2D eigenvalue weighted by Gasteiger charge is -2.29. The third-order valence-electron chi connectivity index (χ3n) is 4.41. The molecule has 0 radical (unpaired) electrons. The molecular weight excluding hydrogens is 258 g/mol. The summed E-state index contributed by atoms with van der Waals surface area (Å²) in [4.78, 5) is 0. The standard InChI is InChI=1S/C19H31NO/c1-4-20-19(16-11-7-5-6-8-12-16)17-13-9-10-14-18(17)21-15(2)3/h9-10,13-16,19-20H,4-8,11-12H2,1-3H3. The van der Waals surface area contributed by atoms with Gasteiger partial charge in [-0.15, -0.1) is 0 Å². The number of nitrogens with one attached hydrogen (secondary N) is 1. The van der Waals surface area contributed by atoms with Crippen molar-refractivity contribution in [1.82, 2.24) is 5.32 Å². The SMILES string of the molecule is CCNC(c1ccccc1OC(C)C)C1CCCCCC1. The van der Waals surface area contributed by atoms with Gasteiger partial charge in [0.05, 0.1) is 6.10 Å². The molecular formula is C19H31NO. The highest BCUT2D eigenvalue weighted by molar-refractivity contribution is 5.36. The Bertz CT molecular complexity index is 408. The number of ether oxygens (including phenoxy) is 1. The molecule has 0 spiro atoms. The van der Waals surface area contributed by atoms with Gasteiger partial charge >= 0.3 is 0 Å². The van der Waals surface area contributed by atoms with Gasteiger partial charge in [-0.2, -0.15) is 0 Å². The van der Waals surface area contributed by atoms with Crippen LogP contribution in [0, 0.1) is 5.92 Å². The summed E-state index contributed by atoms with van der Waals surface area (Å²) >= 11 is 0. The van der Waals surface area contributed by atoms with E-state index in [1.54, 1.807) is 0 Å². The van der Waals surface area contributed by atoms with Crippen LogP contribution in [0.25, 0.3) is 0 Å². The zero-order valence-corrected chi connectivity index (χ0v) is 13.9. The maximum Gasteiger partial charge on any atom is 0.124 e. The third-order valence-corrected chi connectivity index (χ3v) is 4.41. The monoisotopic (exact) mass is 289 g/mol. The van der Waals surface area contributed by atoms with E-state index in [4.69, 9.17) is 4.74 Å². The van der Waals surface area contributed by atoms with Crippen LogP contribution >= 0.6 is 0 Å². The fourth-order valence-electron chi connectivity index (χ4n) is 3.49. The first-order valence-electron chi connectivity index (χ1n) is 8.71. The van der Waals surface area contributed by atoms with Gasteiger partial charge in [0.1, 0.15) is 5.75 Å². The van der Waals surface area contributed by atoms with E-state index in [-0.39, 0.29) is 6.10 Å². The lowest BCUT2D eigenvalue weighted by molar-refractivity contribution is 0.232. The normalized spacial score (nSPS) is 18.5. The minimum atomic E-state index is 0.225. The topological polar surface area (TPSA) is 21.3 Å². The van der Waals surface area contributed by atoms with Crippen molar-refractivity contribution < 1.29 is 4.74 Å². The number of hydrogen-bond acceptors (Lipinski definition) is 2. The predicted molar refractivity (Wildman–Crippen MR) is 89.8 cm³/mol. The summed E-state index contributed by atoms with van der Waals surface area (Å²) in [7, 11) is 0. The largest absolute Gasteiger partial charge is 0.491 e. The summed E-state index contributed by atoms with van der Waals surface area (Å²) in [5.41, 5.74) is 1.35. The van der Waals surface area contributed by atoms with Crippen LogP contribution < -0.4 is 10.1 Å². The second-order valence-corrected chi connectivity index (χ2v) is 6.49. The molecule has 1 aliphatic carbocycles. The molecule has 1 aromatic rings. The molecule has 1 N–H and O–H groups in total. The predicted octanol–water partition coefficient (Wildman–Crippen LogP) is 5.09. The van der Waals surface area contributed by atoms with E-state index in [9.17, 15) is 0 Å². The Morgan fingerprint density at radius 3 is 2.38 bits per heavy atom. The summed E-state index contributed by atoms with van der Waals surface area (Å²) in [5.74, 6) is 1.80. The molecule has 0 aliphatic heterocycles. The number of para-hydroxylation sites is 1. The molecule has 0 saturated heterocycles. The first kappa shape index (κ1) is 16.4. The van der Waals surface area contributed by atoms with Crippen molar-refractivity contribution in [2.24, 2.45) is 5.92 Å². The summed E-state index contributed by atoms with van der Waals surface area (Å²) in [6.07, 6.45) is 8.46. The van der Waals surface area contributed by atoms with Gasteiger partial charge in [-0.25, -0.2) is 0 Å². The fraction of sp³-hybridized carbons (Fsp3) is 0.684. The average molecular weight is 289 g/mol. The Morgan fingerprint density at radius 2 is 1.76 bits per heavy atom. The molecule has 0 amide bonds. The molecule has 1 fully saturated rings. The number of benzene rings is 1. The van der Waals surface area contributed by atoms with Crippen molar-refractivity contribution in [2.75, 3.05) is 6.54 Å². The van der Waals surface area contributed by atoms with E-state index in [1.807, 2.05) is 0 Å². The third kappa shape index (κ3) is 4.74. The van der Waals surface area contributed by atoms with Crippen LogP contribution in [0.5, 0.6) is 5.75 Å². The van der Waals surface area contributed by atoms with Crippen LogP contribution in [-0.4, -0.2) is 12.6 Å². The molecule has 1 unspecified atom stereocenters. The van der Waals surface area contributed by atoms with E-state index >= 15 is 0 Å². The molecule has 1 aliphatic rings. The van der Waals surface area contributed by atoms with Crippen LogP contribution in [0.15, 0.2) is 24.3 Å². The number of rotatable bonds is 6. The van der Waals surface area contributed by atoms with E-state index in [0.29, 0.717) is 6.04 Å². The average Bonchev–Trinajstić information content (AvgIpc) is 2.74. The zero-order valence-electron chi connectivity index (χ0n) is 13.9. The van der Waals surface area contributed by atoms with Crippen molar-refractivity contribution >= 4 is 0 Å². The first-order valence-corrected chi connectivity index (χ1v) is 8.71. The molecule has 1 saturated carbocycles. The maximum atomic E-state index is 6.05. The summed E-state index contributed by atoms with van der Waals surface area (Å²) < 4.78 is 6.05. The van der Waals surface area contributed by atoms with Crippen LogP contribution in [0.3, 0.4) is 0 Å². The second kappa shape index (κ2) is 8.43. The van der Waals surface area contributed by atoms with Gasteiger partial charge in [0.15, 0.2) is 0 Å². The van der Waals surface area contributed by atoms with Crippen LogP contribution in [0.1, 0.15) is 70.9 Å². The van der Waals surface area contributed by atoms with Gasteiger partial charge in [0.25, 0.3) is 0 Å². The molecule has 0 bridgehead atoms. The van der Waals surface area contributed by atoms with Crippen LogP contribution in [-0.2, 0) is 0 Å². The smallest absolute Gasteiger partial charge is 0.124 e. The molecule has 1 atom stereocenters. The minimum absolute atomic E-state index is 0.225.